The summed E-state index contributed by atoms with van der Waals surface area (Å²) in [6.45, 7) is 3.97. The van der Waals surface area contributed by atoms with Crippen molar-refractivity contribution in [2.45, 2.75) is 0 Å². The summed E-state index contributed by atoms with van der Waals surface area (Å²) >= 11 is 14.8. The summed E-state index contributed by atoms with van der Waals surface area (Å²) in [4.78, 5) is 2.29. The molecule has 1 fully saturated rings. The van der Waals surface area contributed by atoms with Gasteiger partial charge < -0.3 is 10.2 Å². The molecule has 0 aromatic heterocycles. The Morgan fingerprint density at radius 2 is 2.00 bits per heavy atom. The molecule has 0 bridgehead atoms. The first-order valence-corrected chi connectivity index (χ1v) is 7.59. The quantitative estimate of drug-likeness (QED) is 0.789. The third-order valence-corrected chi connectivity index (χ3v) is 3.94. The van der Waals surface area contributed by atoms with E-state index in [9.17, 15) is 0 Å². The van der Waals surface area contributed by atoms with Gasteiger partial charge in [0.2, 0.25) is 0 Å². The highest BCUT2D eigenvalue weighted by atomic mass is 79.9. The smallest absolute Gasteiger partial charge is 0.185 e. The van der Waals surface area contributed by atoms with Crippen molar-refractivity contribution in [2.24, 2.45) is 0 Å². The van der Waals surface area contributed by atoms with Crippen LogP contribution in [0.1, 0.15) is 0 Å². The minimum Gasteiger partial charge on any atom is -0.330 e. The molecule has 1 saturated heterocycles. The van der Waals surface area contributed by atoms with E-state index in [-0.39, 0.29) is 0 Å². The number of nitrogens with one attached hydrogen (secondary N) is 2. The molecule has 0 radical (unpaired) electrons. The van der Waals surface area contributed by atoms with E-state index in [1.54, 1.807) is 0 Å². The van der Waals surface area contributed by atoms with Gasteiger partial charge in [0, 0.05) is 30.7 Å². The lowest BCUT2D eigenvalue weighted by atomic mass is 10.3. The Hall–Kier alpha value is -0.400. The number of nitrogens with zero attached hydrogens (tertiary/aromatic N) is 2. The Bertz CT molecular complexity index is 463. The van der Waals surface area contributed by atoms with Crippen molar-refractivity contribution in [2.75, 3.05) is 38.5 Å². The molecule has 1 aromatic rings. The normalized spacial score (nSPS) is 17.2. The number of thiocarbonyl (C=S) groups is 1. The van der Waals surface area contributed by atoms with Gasteiger partial charge in [-0.2, -0.15) is 0 Å². The van der Waals surface area contributed by atoms with Crippen LogP contribution >= 0.6 is 39.7 Å². The number of piperazine rings is 1. The number of rotatable bonds is 2. The first kappa shape index (κ1) is 15.0. The molecule has 4 nitrogen and oxygen atoms in total. The highest BCUT2D eigenvalue weighted by Gasteiger charge is 2.14. The fraction of sp³-hybridized carbons (Fsp3) is 0.417. The van der Waals surface area contributed by atoms with Gasteiger partial charge in [0.15, 0.2) is 5.11 Å². The summed E-state index contributed by atoms with van der Waals surface area (Å²) < 4.78 is 0.945. The molecule has 0 saturated carbocycles. The van der Waals surface area contributed by atoms with Crippen molar-refractivity contribution >= 4 is 50.5 Å². The van der Waals surface area contributed by atoms with Crippen LogP contribution in [0.25, 0.3) is 0 Å². The number of halogens is 2. The zero-order valence-electron chi connectivity index (χ0n) is 10.6. The van der Waals surface area contributed by atoms with E-state index in [0.29, 0.717) is 10.1 Å². The van der Waals surface area contributed by atoms with E-state index in [1.165, 1.54) is 0 Å². The van der Waals surface area contributed by atoms with Crippen LogP contribution in [-0.4, -0.2) is 48.2 Å². The number of hydrogen-bond donors (Lipinski definition) is 2. The average Bonchev–Trinajstić information content (AvgIpc) is 2.36. The molecule has 1 heterocycles. The van der Waals surface area contributed by atoms with Crippen molar-refractivity contribution in [3.05, 3.63) is 27.7 Å². The molecule has 19 heavy (non-hydrogen) atoms. The van der Waals surface area contributed by atoms with Gasteiger partial charge in [-0.05, 0) is 37.5 Å². The largest absolute Gasteiger partial charge is 0.330 e. The van der Waals surface area contributed by atoms with Crippen LogP contribution in [0.4, 0.5) is 5.69 Å². The maximum Gasteiger partial charge on any atom is 0.185 e. The summed E-state index contributed by atoms with van der Waals surface area (Å²) in [5.41, 5.74) is 3.99. The second-order valence-corrected chi connectivity index (χ2v) is 6.21. The minimum absolute atomic E-state index is 0.564. The van der Waals surface area contributed by atoms with E-state index in [0.717, 1.165) is 36.3 Å². The van der Waals surface area contributed by atoms with Crippen LogP contribution in [0.3, 0.4) is 0 Å². The van der Waals surface area contributed by atoms with Crippen molar-refractivity contribution in [3.8, 4) is 0 Å². The van der Waals surface area contributed by atoms with Crippen LogP contribution < -0.4 is 10.7 Å². The molecule has 2 rings (SSSR count). The molecule has 0 aliphatic carbocycles. The first-order valence-electron chi connectivity index (χ1n) is 6.01. The molecule has 0 unspecified atom stereocenters. The highest BCUT2D eigenvalue weighted by molar-refractivity contribution is 9.10. The van der Waals surface area contributed by atoms with Crippen LogP contribution in [0.5, 0.6) is 0 Å². The predicted octanol–water partition coefficient (Wildman–Crippen LogP) is 2.55. The van der Waals surface area contributed by atoms with Gasteiger partial charge in [-0.1, -0.05) is 27.5 Å². The average molecular weight is 364 g/mol. The SMILES string of the molecule is CN1CCN(NC(=S)Nc2ccc(Br)cc2Cl)CC1. The Labute approximate surface area is 132 Å². The molecule has 104 valence electrons. The lowest BCUT2D eigenvalue weighted by Gasteiger charge is -2.33. The predicted molar refractivity (Wildman–Crippen MR) is 87.6 cm³/mol. The summed E-state index contributed by atoms with van der Waals surface area (Å²) in [7, 11) is 2.12. The summed E-state index contributed by atoms with van der Waals surface area (Å²) in [6.07, 6.45) is 0. The van der Waals surface area contributed by atoms with Crippen molar-refractivity contribution in [3.63, 3.8) is 0 Å². The van der Waals surface area contributed by atoms with Crippen molar-refractivity contribution in [1.82, 2.24) is 15.3 Å². The fourth-order valence-electron chi connectivity index (χ4n) is 1.80. The standard InChI is InChI=1S/C12H16BrClN4S/c1-17-4-6-18(7-5-17)16-12(19)15-11-3-2-9(13)8-10(11)14/h2-3,8H,4-7H2,1H3,(H2,15,16,19). The first-order chi connectivity index (χ1) is 9.04. The molecular formula is C12H16BrClN4S. The van der Waals surface area contributed by atoms with Gasteiger partial charge in [0.25, 0.3) is 0 Å². The number of benzene rings is 1. The van der Waals surface area contributed by atoms with Crippen LogP contribution in [0, 0.1) is 0 Å². The van der Waals surface area contributed by atoms with E-state index in [4.69, 9.17) is 23.8 Å². The maximum atomic E-state index is 6.14. The lowest BCUT2D eigenvalue weighted by molar-refractivity contribution is 0.131. The molecule has 7 heteroatoms. The number of likely N-dealkylation sites (N-methyl/N-ethyl adjacent to an activating group) is 1. The Morgan fingerprint density at radius 1 is 1.32 bits per heavy atom. The van der Waals surface area contributed by atoms with E-state index in [1.807, 2.05) is 18.2 Å². The number of hydrazine groups is 1. The zero-order chi connectivity index (χ0) is 13.8. The van der Waals surface area contributed by atoms with Gasteiger partial charge >= 0.3 is 0 Å². The molecule has 0 amide bonds. The lowest BCUT2D eigenvalue weighted by Crippen LogP contribution is -2.53. The van der Waals surface area contributed by atoms with Gasteiger partial charge in [0.1, 0.15) is 0 Å². The maximum absolute atomic E-state index is 6.14. The second-order valence-electron chi connectivity index (χ2n) is 4.48. The number of hydrogen-bond acceptors (Lipinski definition) is 3. The zero-order valence-corrected chi connectivity index (χ0v) is 13.8. The minimum atomic E-state index is 0.564. The van der Waals surface area contributed by atoms with Gasteiger partial charge in [0.05, 0.1) is 10.7 Å². The summed E-state index contributed by atoms with van der Waals surface area (Å²) in [6, 6.07) is 5.65. The third kappa shape index (κ3) is 4.57. The molecule has 1 aromatic carbocycles. The van der Waals surface area contributed by atoms with Crippen LogP contribution in [-0.2, 0) is 0 Å². The topological polar surface area (TPSA) is 30.5 Å². The molecule has 2 N–H and O–H groups in total. The molecule has 1 aliphatic heterocycles. The van der Waals surface area contributed by atoms with Gasteiger partial charge in [-0.25, -0.2) is 5.01 Å². The summed E-state index contributed by atoms with van der Waals surface area (Å²) in [5, 5.41) is 6.42. The molecule has 0 spiro atoms. The van der Waals surface area contributed by atoms with E-state index in [2.05, 4.69) is 43.6 Å². The molecule has 0 atom stereocenters. The Kier molecular flexibility index (Phi) is 5.41. The molecular weight excluding hydrogens is 348 g/mol. The van der Waals surface area contributed by atoms with E-state index < -0.39 is 0 Å². The Morgan fingerprint density at radius 3 is 2.63 bits per heavy atom. The second kappa shape index (κ2) is 6.85. The third-order valence-electron chi connectivity index (χ3n) is 2.94. The Balaban J connectivity index is 1.87. The van der Waals surface area contributed by atoms with Gasteiger partial charge in [-0.15, -0.1) is 0 Å². The van der Waals surface area contributed by atoms with Crippen LogP contribution in [0.15, 0.2) is 22.7 Å². The fourth-order valence-corrected chi connectivity index (χ4v) is 2.76. The monoisotopic (exact) mass is 362 g/mol. The van der Waals surface area contributed by atoms with Crippen LogP contribution in [0.2, 0.25) is 5.02 Å². The van der Waals surface area contributed by atoms with Crippen molar-refractivity contribution in [1.29, 1.82) is 0 Å². The number of anilines is 1. The van der Waals surface area contributed by atoms with Gasteiger partial charge in [-0.3, -0.25) is 5.43 Å². The van der Waals surface area contributed by atoms with Crippen molar-refractivity contribution < 1.29 is 0 Å². The highest BCUT2D eigenvalue weighted by Crippen LogP contribution is 2.25. The van der Waals surface area contributed by atoms with E-state index >= 15 is 0 Å². The summed E-state index contributed by atoms with van der Waals surface area (Å²) in [5.74, 6) is 0. The molecule has 1 aliphatic rings.